The fourth-order valence-corrected chi connectivity index (χ4v) is 4.92. The Kier molecular flexibility index (Phi) is 7.58. The minimum Gasteiger partial charge on any atom is -0.353 e. The Morgan fingerprint density at radius 1 is 1.06 bits per heavy atom. The van der Waals surface area contributed by atoms with Gasteiger partial charge in [0.2, 0.25) is 5.91 Å². The first-order valence-electron chi connectivity index (χ1n) is 11.9. The Morgan fingerprint density at radius 3 is 2.38 bits per heavy atom. The van der Waals surface area contributed by atoms with Gasteiger partial charge in [-0.3, -0.25) is 4.79 Å². The van der Waals surface area contributed by atoms with E-state index in [1.165, 1.54) is 16.7 Å². The molecule has 1 aromatic carbocycles. The lowest BCUT2D eigenvalue weighted by atomic mass is 9.84. The largest absolute Gasteiger partial charge is 0.353 e. The molecule has 0 unspecified atom stereocenters. The molecule has 1 fully saturated rings. The molecule has 1 aliphatic heterocycles. The predicted octanol–water partition coefficient (Wildman–Crippen LogP) is 5.10. The standard InChI is InChI=1S/C27H40N4O/c1-19-9-8-10-23(15-19)17-24-21(3)28-22(4)29-26(24)31-13-11-30(12-14-31)25(32)16-20(2)18-27(5,6)7/h8-10,15,20H,11-14,16-18H2,1-7H3/t20-/m1/s1. The van der Waals surface area contributed by atoms with Crippen molar-refractivity contribution in [2.75, 3.05) is 31.1 Å². The summed E-state index contributed by atoms with van der Waals surface area (Å²) in [5.74, 6) is 2.54. The molecular formula is C27H40N4O. The molecule has 1 amide bonds. The lowest BCUT2D eigenvalue weighted by molar-refractivity contribution is -0.132. The van der Waals surface area contributed by atoms with Gasteiger partial charge in [0.15, 0.2) is 0 Å². The molecular weight excluding hydrogens is 396 g/mol. The smallest absolute Gasteiger partial charge is 0.222 e. The number of piperazine rings is 1. The van der Waals surface area contributed by atoms with Crippen LogP contribution in [0.4, 0.5) is 5.82 Å². The summed E-state index contributed by atoms with van der Waals surface area (Å²) in [5.41, 5.74) is 5.05. The van der Waals surface area contributed by atoms with Crippen LogP contribution in [0, 0.1) is 32.1 Å². The van der Waals surface area contributed by atoms with E-state index in [1.807, 2.05) is 11.8 Å². The van der Waals surface area contributed by atoms with Crippen LogP contribution in [-0.2, 0) is 11.2 Å². The van der Waals surface area contributed by atoms with Crippen molar-refractivity contribution in [2.24, 2.45) is 11.3 Å². The SMILES string of the molecule is Cc1cccc(Cc2c(C)nc(C)nc2N2CCN(C(=O)C[C@@H](C)CC(C)(C)C)CC2)c1. The third-order valence-electron chi connectivity index (χ3n) is 6.18. The lowest BCUT2D eigenvalue weighted by Gasteiger charge is -2.37. The summed E-state index contributed by atoms with van der Waals surface area (Å²) in [6.45, 7) is 18.2. The van der Waals surface area contributed by atoms with Crippen molar-refractivity contribution in [2.45, 2.75) is 67.7 Å². The fourth-order valence-electron chi connectivity index (χ4n) is 4.92. The van der Waals surface area contributed by atoms with E-state index < -0.39 is 0 Å². The van der Waals surface area contributed by atoms with E-state index in [2.05, 4.69) is 75.7 Å². The number of nitrogens with zero attached hydrogens (tertiary/aromatic N) is 4. The molecule has 1 atom stereocenters. The molecule has 32 heavy (non-hydrogen) atoms. The average Bonchev–Trinajstić information content (AvgIpc) is 2.68. The highest BCUT2D eigenvalue weighted by atomic mass is 16.2. The van der Waals surface area contributed by atoms with Gasteiger partial charge < -0.3 is 9.80 Å². The van der Waals surface area contributed by atoms with Crippen molar-refractivity contribution in [3.8, 4) is 0 Å². The maximum atomic E-state index is 12.9. The number of benzene rings is 1. The second kappa shape index (κ2) is 10.0. The molecule has 5 nitrogen and oxygen atoms in total. The van der Waals surface area contributed by atoms with E-state index in [0.29, 0.717) is 12.3 Å². The van der Waals surface area contributed by atoms with Crippen LogP contribution in [0.5, 0.6) is 0 Å². The number of rotatable bonds is 6. The quantitative estimate of drug-likeness (QED) is 0.632. The summed E-state index contributed by atoms with van der Waals surface area (Å²) >= 11 is 0. The van der Waals surface area contributed by atoms with Gasteiger partial charge in [0, 0.05) is 50.3 Å². The summed E-state index contributed by atoms with van der Waals surface area (Å²) in [7, 11) is 0. The van der Waals surface area contributed by atoms with Crippen molar-refractivity contribution in [1.29, 1.82) is 0 Å². The Labute approximate surface area is 194 Å². The zero-order chi connectivity index (χ0) is 23.5. The zero-order valence-corrected chi connectivity index (χ0v) is 21.0. The number of hydrogen-bond donors (Lipinski definition) is 0. The maximum absolute atomic E-state index is 12.9. The summed E-state index contributed by atoms with van der Waals surface area (Å²) in [5, 5.41) is 0. The number of carbonyl (C=O) groups excluding carboxylic acids is 1. The van der Waals surface area contributed by atoms with E-state index in [-0.39, 0.29) is 11.3 Å². The first kappa shape index (κ1) is 24.2. The molecule has 1 saturated heterocycles. The van der Waals surface area contributed by atoms with Crippen molar-refractivity contribution in [3.63, 3.8) is 0 Å². The zero-order valence-electron chi connectivity index (χ0n) is 21.0. The van der Waals surface area contributed by atoms with Crippen LogP contribution in [0.2, 0.25) is 0 Å². The van der Waals surface area contributed by atoms with E-state index in [0.717, 1.165) is 56.4 Å². The molecule has 0 saturated carbocycles. The molecule has 0 radical (unpaired) electrons. The van der Waals surface area contributed by atoms with E-state index in [4.69, 9.17) is 4.98 Å². The third kappa shape index (κ3) is 6.54. The van der Waals surface area contributed by atoms with Crippen LogP contribution >= 0.6 is 0 Å². The number of amides is 1. The number of hydrogen-bond acceptors (Lipinski definition) is 4. The predicted molar refractivity (Wildman–Crippen MR) is 132 cm³/mol. The molecule has 0 spiro atoms. The van der Waals surface area contributed by atoms with Crippen molar-refractivity contribution in [3.05, 3.63) is 52.5 Å². The second-order valence-electron chi connectivity index (χ2n) is 10.8. The van der Waals surface area contributed by atoms with E-state index in [1.54, 1.807) is 0 Å². The molecule has 1 aromatic heterocycles. The minimum absolute atomic E-state index is 0.259. The fraction of sp³-hybridized carbons (Fsp3) is 0.593. The van der Waals surface area contributed by atoms with Gasteiger partial charge >= 0.3 is 0 Å². The van der Waals surface area contributed by atoms with Crippen molar-refractivity contribution < 1.29 is 4.79 Å². The Balaban J connectivity index is 1.69. The molecule has 0 bridgehead atoms. The van der Waals surface area contributed by atoms with Gasteiger partial charge in [0.25, 0.3) is 0 Å². The number of carbonyl (C=O) groups is 1. The van der Waals surface area contributed by atoms with Gasteiger partial charge in [-0.15, -0.1) is 0 Å². The molecule has 0 aliphatic carbocycles. The normalized spacial score (nSPS) is 15.7. The van der Waals surface area contributed by atoms with Gasteiger partial charge in [-0.05, 0) is 44.1 Å². The van der Waals surface area contributed by atoms with Crippen LogP contribution in [0.25, 0.3) is 0 Å². The van der Waals surface area contributed by atoms with Gasteiger partial charge in [0.1, 0.15) is 11.6 Å². The third-order valence-corrected chi connectivity index (χ3v) is 6.18. The Hall–Kier alpha value is -2.43. The maximum Gasteiger partial charge on any atom is 0.222 e. The molecule has 2 heterocycles. The monoisotopic (exact) mass is 436 g/mol. The molecule has 1 aliphatic rings. The van der Waals surface area contributed by atoms with Crippen LogP contribution < -0.4 is 4.90 Å². The van der Waals surface area contributed by atoms with Crippen LogP contribution in [0.15, 0.2) is 24.3 Å². The topological polar surface area (TPSA) is 49.3 Å². The molecule has 0 N–H and O–H groups in total. The average molecular weight is 437 g/mol. The van der Waals surface area contributed by atoms with Crippen LogP contribution in [0.3, 0.4) is 0 Å². The highest BCUT2D eigenvalue weighted by Gasteiger charge is 2.26. The molecule has 2 aromatic rings. The highest BCUT2D eigenvalue weighted by Crippen LogP contribution is 2.28. The Morgan fingerprint density at radius 2 is 1.75 bits per heavy atom. The summed E-state index contributed by atoms with van der Waals surface area (Å²) < 4.78 is 0. The summed E-state index contributed by atoms with van der Waals surface area (Å²) in [4.78, 5) is 26.7. The van der Waals surface area contributed by atoms with Gasteiger partial charge in [-0.2, -0.15) is 0 Å². The van der Waals surface area contributed by atoms with Gasteiger partial charge in [0.05, 0.1) is 0 Å². The van der Waals surface area contributed by atoms with Gasteiger partial charge in [-0.25, -0.2) is 9.97 Å². The van der Waals surface area contributed by atoms with Gasteiger partial charge in [-0.1, -0.05) is 57.5 Å². The minimum atomic E-state index is 0.259. The van der Waals surface area contributed by atoms with Crippen LogP contribution in [0.1, 0.15) is 68.7 Å². The molecule has 174 valence electrons. The van der Waals surface area contributed by atoms with Crippen molar-refractivity contribution in [1.82, 2.24) is 14.9 Å². The number of aromatic nitrogens is 2. The second-order valence-corrected chi connectivity index (χ2v) is 10.8. The highest BCUT2D eigenvalue weighted by molar-refractivity contribution is 5.76. The lowest BCUT2D eigenvalue weighted by Crippen LogP contribution is -2.49. The van der Waals surface area contributed by atoms with E-state index >= 15 is 0 Å². The van der Waals surface area contributed by atoms with Crippen LogP contribution in [-0.4, -0.2) is 47.0 Å². The first-order chi connectivity index (χ1) is 15.0. The first-order valence-corrected chi connectivity index (χ1v) is 11.9. The van der Waals surface area contributed by atoms with Crippen molar-refractivity contribution >= 4 is 11.7 Å². The number of anilines is 1. The summed E-state index contributed by atoms with van der Waals surface area (Å²) in [6.07, 6.45) is 2.54. The summed E-state index contributed by atoms with van der Waals surface area (Å²) in [6, 6.07) is 8.64. The van der Waals surface area contributed by atoms with E-state index in [9.17, 15) is 4.79 Å². The molecule has 5 heteroatoms. The number of aryl methyl sites for hydroxylation is 3. The molecule has 3 rings (SSSR count). The Bertz CT molecular complexity index is 939.